The fraction of sp³-hybridized carbons (Fsp3) is 0.400. The average Bonchev–Trinajstić information content (AvgIpc) is 2.81. The predicted octanol–water partition coefficient (Wildman–Crippen LogP) is 4.78. The zero-order valence-electron chi connectivity index (χ0n) is 18.9. The van der Waals surface area contributed by atoms with Crippen LogP contribution in [0.3, 0.4) is 0 Å². The molecule has 6 nitrogen and oxygen atoms in total. The molecular formula is C25H34N6. The molecule has 1 aromatic heterocycles. The zero-order valence-corrected chi connectivity index (χ0v) is 18.9. The summed E-state index contributed by atoms with van der Waals surface area (Å²) in [4.78, 5) is 10.7. The molecule has 2 rings (SSSR count). The quantitative estimate of drug-likeness (QED) is 0.277. The van der Waals surface area contributed by atoms with E-state index in [0.717, 1.165) is 50.3 Å². The number of benzene rings is 1. The van der Waals surface area contributed by atoms with Gasteiger partial charge in [-0.2, -0.15) is 5.26 Å². The van der Waals surface area contributed by atoms with Crippen LogP contribution in [0.2, 0.25) is 0 Å². The van der Waals surface area contributed by atoms with Crippen molar-refractivity contribution in [1.82, 2.24) is 20.2 Å². The summed E-state index contributed by atoms with van der Waals surface area (Å²) in [6.45, 7) is 14.8. The number of hydrogen-bond acceptors (Lipinski definition) is 6. The molecule has 1 atom stereocenters. The van der Waals surface area contributed by atoms with Crippen LogP contribution in [0.5, 0.6) is 0 Å². The first kappa shape index (κ1) is 24.1. The van der Waals surface area contributed by atoms with E-state index in [2.05, 4.69) is 83.2 Å². The lowest BCUT2D eigenvalue weighted by Crippen LogP contribution is -2.25. The molecule has 0 spiro atoms. The molecule has 0 aliphatic carbocycles. The number of aromatic nitrogens is 2. The van der Waals surface area contributed by atoms with Gasteiger partial charge in [0, 0.05) is 30.3 Å². The van der Waals surface area contributed by atoms with Gasteiger partial charge in [0.1, 0.15) is 6.07 Å². The van der Waals surface area contributed by atoms with Crippen molar-refractivity contribution in [1.29, 1.82) is 5.26 Å². The maximum Gasteiger partial charge on any atom is 0.101 e. The average molecular weight is 419 g/mol. The molecule has 2 N–H and O–H groups in total. The summed E-state index contributed by atoms with van der Waals surface area (Å²) in [5.41, 5.74) is 3.93. The Kier molecular flexibility index (Phi) is 10.3. The maximum atomic E-state index is 9.57. The smallest absolute Gasteiger partial charge is 0.101 e. The molecule has 0 saturated heterocycles. The van der Waals surface area contributed by atoms with Gasteiger partial charge in [0.05, 0.1) is 23.5 Å². The Hall–Kier alpha value is -3.17. The van der Waals surface area contributed by atoms with Gasteiger partial charge in [-0.1, -0.05) is 39.5 Å². The molecular weight excluding hydrogens is 384 g/mol. The molecule has 1 heterocycles. The van der Waals surface area contributed by atoms with Gasteiger partial charge in [-0.15, -0.1) is 0 Å². The Balaban J connectivity index is 2.00. The molecule has 0 radical (unpaired) electrons. The highest BCUT2D eigenvalue weighted by Crippen LogP contribution is 2.23. The Labute approximate surface area is 186 Å². The van der Waals surface area contributed by atoms with Gasteiger partial charge in [0.15, 0.2) is 0 Å². The SMILES string of the molecule is C=C(NC(CC)c1cccc(NCCCN(CC)CC)c1)/C(C#N)=C/c1cnccn1. The van der Waals surface area contributed by atoms with Crippen molar-refractivity contribution in [3.05, 3.63) is 72.0 Å². The standard InChI is InChI=1S/C25H34N6/c1-5-25(30-20(4)22(18-26)17-24-19-27-13-14-29-24)21-10-8-11-23(16-21)28-12-9-15-31(6-2)7-3/h8,10-11,13-14,16-17,19,25,28,30H,4-7,9,12,15H2,1-3H3/b22-17+. The van der Waals surface area contributed by atoms with Crippen LogP contribution in [0.4, 0.5) is 5.69 Å². The number of allylic oxidation sites excluding steroid dienone is 1. The topological polar surface area (TPSA) is 76.9 Å². The van der Waals surface area contributed by atoms with E-state index in [1.807, 2.05) is 0 Å². The van der Waals surface area contributed by atoms with E-state index in [4.69, 9.17) is 0 Å². The van der Waals surface area contributed by atoms with E-state index in [1.165, 1.54) is 0 Å². The summed E-state index contributed by atoms with van der Waals surface area (Å²) in [5.74, 6) is 0. The fourth-order valence-corrected chi connectivity index (χ4v) is 3.37. The van der Waals surface area contributed by atoms with E-state index in [-0.39, 0.29) is 6.04 Å². The number of nitriles is 1. The van der Waals surface area contributed by atoms with Crippen LogP contribution in [0.15, 0.2) is 60.7 Å². The van der Waals surface area contributed by atoms with Crippen LogP contribution in [0.1, 0.15) is 50.9 Å². The fourth-order valence-electron chi connectivity index (χ4n) is 3.37. The van der Waals surface area contributed by atoms with E-state index in [9.17, 15) is 5.26 Å². The maximum absolute atomic E-state index is 9.57. The number of anilines is 1. The molecule has 0 bridgehead atoms. The highest BCUT2D eigenvalue weighted by Gasteiger charge is 2.13. The van der Waals surface area contributed by atoms with Crippen molar-refractivity contribution in [2.24, 2.45) is 0 Å². The van der Waals surface area contributed by atoms with Crippen LogP contribution in [0, 0.1) is 11.3 Å². The predicted molar refractivity (Wildman–Crippen MR) is 128 cm³/mol. The first-order chi connectivity index (χ1) is 15.1. The number of nitrogens with zero attached hydrogens (tertiary/aromatic N) is 4. The zero-order chi connectivity index (χ0) is 22.5. The van der Waals surface area contributed by atoms with Crippen LogP contribution >= 0.6 is 0 Å². The second-order valence-corrected chi connectivity index (χ2v) is 7.32. The minimum atomic E-state index is 0.0588. The van der Waals surface area contributed by atoms with Gasteiger partial charge in [-0.3, -0.25) is 9.97 Å². The molecule has 0 aliphatic heterocycles. The highest BCUT2D eigenvalue weighted by atomic mass is 15.1. The highest BCUT2D eigenvalue weighted by molar-refractivity contribution is 5.60. The van der Waals surface area contributed by atoms with E-state index in [1.54, 1.807) is 24.7 Å². The van der Waals surface area contributed by atoms with Crippen molar-refractivity contribution < 1.29 is 0 Å². The van der Waals surface area contributed by atoms with Crippen LogP contribution < -0.4 is 10.6 Å². The molecule has 31 heavy (non-hydrogen) atoms. The van der Waals surface area contributed by atoms with Crippen LogP contribution in [-0.4, -0.2) is 41.0 Å². The molecule has 1 unspecified atom stereocenters. The van der Waals surface area contributed by atoms with Crippen LogP contribution in [-0.2, 0) is 0 Å². The molecule has 0 amide bonds. The van der Waals surface area contributed by atoms with Crippen molar-refractivity contribution >= 4 is 11.8 Å². The number of rotatable bonds is 13. The lowest BCUT2D eigenvalue weighted by Gasteiger charge is -2.21. The van der Waals surface area contributed by atoms with Crippen molar-refractivity contribution in [3.8, 4) is 6.07 Å². The Morgan fingerprint density at radius 1 is 1.26 bits per heavy atom. The summed E-state index contributed by atoms with van der Waals surface area (Å²) >= 11 is 0. The second kappa shape index (κ2) is 13.2. The van der Waals surface area contributed by atoms with Crippen LogP contribution in [0.25, 0.3) is 6.08 Å². The van der Waals surface area contributed by atoms with Crippen molar-refractivity contribution in [3.63, 3.8) is 0 Å². The molecule has 0 fully saturated rings. The third-order valence-electron chi connectivity index (χ3n) is 5.24. The lowest BCUT2D eigenvalue weighted by molar-refractivity contribution is 0.303. The number of nitrogens with one attached hydrogen (secondary N) is 2. The van der Waals surface area contributed by atoms with Crippen molar-refractivity contribution in [2.75, 3.05) is 31.5 Å². The van der Waals surface area contributed by atoms with Gasteiger partial charge in [-0.05, 0) is 56.2 Å². The first-order valence-corrected chi connectivity index (χ1v) is 11.0. The lowest BCUT2D eigenvalue weighted by atomic mass is 10.0. The molecule has 6 heteroatoms. The van der Waals surface area contributed by atoms with E-state index < -0.39 is 0 Å². The third kappa shape index (κ3) is 7.88. The minimum Gasteiger partial charge on any atom is -0.385 e. The summed E-state index contributed by atoms with van der Waals surface area (Å²) in [7, 11) is 0. The molecule has 2 aromatic rings. The minimum absolute atomic E-state index is 0.0588. The Morgan fingerprint density at radius 3 is 2.71 bits per heavy atom. The Bertz CT molecular complexity index is 880. The largest absolute Gasteiger partial charge is 0.385 e. The molecule has 1 aromatic carbocycles. The number of hydrogen-bond donors (Lipinski definition) is 2. The van der Waals surface area contributed by atoms with Gasteiger partial charge < -0.3 is 15.5 Å². The van der Waals surface area contributed by atoms with Gasteiger partial charge in [-0.25, -0.2) is 0 Å². The second-order valence-electron chi connectivity index (χ2n) is 7.32. The molecule has 0 saturated carbocycles. The summed E-state index contributed by atoms with van der Waals surface area (Å²) in [5, 5.41) is 16.5. The first-order valence-electron chi connectivity index (χ1n) is 11.0. The van der Waals surface area contributed by atoms with Crippen molar-refractivity contribution in [2.45, 2.75) is 39.7 Å². The van der Waals surface area contributed by atoms with Gasteiger partial charge >= 0.3 is 0 Å². The van der Waals surface area contributed by atoms with E-state index in [0.29, 0.717) is 17.0 Å². The van der Waals surface area contributed by atoms with Gasteiger partial charge in [0.25, 0.3) is 0 Å². The molecule has 164 valence electrons. The summed E-state index contributed by atoms with van der Waals surface area (Å²) in [6, 6.07) is 10.7. The third-order valence-corrected chi connectivity index (χ3v) is 5.24. The van der Waals surface area contributed by atoms with Gasteiger partial charge in [0.2, 0.25) is 0 Å². The monoisotopic (exact) mass is 418 g/mol. The normalized spacial score (nSPS) is 12.3. The summed E-state index contributed by atoms with van der Waals surface area (Å²) in [6.07, 6.45) is 8.51. The Morgan fingerprint density at radius 2 is 2.06 bits per heavy atom. The summed E-state index contributed by atoms with van der Waals surface area (Å²) < 4.78 is 0. The van der Waals surface area contributed by atoms with E-state index >= 15 is 0 Å². The molecule has 0 aliphatic rings.